The van der Waals surface area contributed by atoms with Crippen LogP contribution in [0.1, 0.15) is 25.3 Å². The average Bonchev–Trinajstić information content (AvgIpc) is 3.15. The molecule has 1 fully saturated rings. The number of hydrazine groups is 1. The number of hydrogen-bond donors (Lipinski definition) is 3. The Morgan fingerprint density at radius 3 is 2.56 bits per heavy atom. The molecule has 1 aromatic rings. The molecule has 0 aromatic heterocycles. The predicted molar refractivity (Wildman–Crippen MR) is 93.8 cm³/mol. The molecule has 1 aliphatic heterocycles. The van der Waals surface area contributed by atoms with Gasteiger partial charge in [-0.1, -0.05) is 6.08 Å². The monoisotopic (exact) mass is 348 g/mol. The number of nitrogens with one attached hydrogen (secondary N) is 2. The summed E-state index contributed by atoms with van der Waals surface area (Å²) in [4.78, 5) is 24.7. The van der Waals surface area contributed by atoms with Crippen molar-refractivity contribution in [3.8, 4) is 11.5 Å². The van der Waals surface area contributed by atoms with Crippen LogP contribution < -0.4 is 26.1 Å². The fourth-order valence-electron chi connectivity index (χ4n) is 2.59. The molecular weight excluding hydrogens is 324 g/mol. The molecule has 0 aliphatic carbocycles. The summed E-state index contributed by atoms with van der Waals surface area (Å²) in [5.74, 6) is 0.953. The van der Waals surface area contributed by atoms with Crippen molar-refractivity contribution >= 4 is 17.6 Å². The lowest BCUT2D eigenvalue weighted by Crippen LogP contribution is -2.39. The highest BCUT2D eigenvalue weighted by Crippen LogP contribution is 2.30. The van der Waals surface area contributed by atoms with Crippen LogP contribution in [-0.4, -0.2) is 43.6 Å². The van der Waals surface area contributed by atoms with Gasteiger partial charge >= 0.3 is 6.03 Å². The van der Waals surface area contributed by atoms with Crippen molar-refractivity contribution in [3.05, 3.63) is 29.8 Å². The van der Waals surface area contributed by atoms with E-state index in [2.05, 4.69) is 10.9 Å². The van der Waals surface area contributed by atoms with Crippen LogP contribution in [0, 0.1) is 0 Å². The third-order valence-corrected chi connectivity index (χ3v) is 3.89. The summed E-state index contributed by atoms with van der Waals surface area (Å²) >= 11 is 0. The van der Waals surface area contributed by atoms with E-state index in [9.17, 15) is 9.59 Å². The van der Waals surface area contributed by atoms with Crippen molar-refractivity contribution < 1.29 is 19.1 Å². The van der Waals surface area contributed by atoms with Gasteiger partial charge in [-0.3, -0.25) is 15.6 Å². The molecule has 0 spiro atoms. The minimum atomic E-state index is -0.688. The van der Waals surface area contributed by atoms with Crippen LogP contribution in [0.2, 0.25) is 0 Å². The molecule has 0 radical (unpaired) electrons. The van der Waals surface area contributed by atoms with Gasteiger partial charge in [0.05, 0.1) is 12.8 Å². The van der Waals surface area contributed by atoms with Crippen LogP contribution in [0.15, 0.2) is 24.3 Å². The van der Waals surface area contributed by atoms with Crippen molar-refractivity contribution in [2.75, 3.05) is 26.8 Å². The highest BCUT2D eigenvalue weighted by atomic mass is 16.5. The molecule has 0 atom stereocenters. The van der Waals surface area contributed by atoms with Crippen LogP contribution >= 0.6 is 0 Å². The number of nitrogens with zero attached hydrogens (tertiary/aromatic N) is 1. The minimum Gasteiger partial charge on any atom is -0.493 e. The van der Waals surface area contributed by atoms with Crippen molar-refractivity contribution in [1.82, 2.24) is 15.8 Å². The number of carbonyl (C=O) groups is 2. The summed E-state index contributed by atoms with van der Waals surface area (Å²) in [6, 6.07) is 4.58. The maximum Gasteiger partial charge on any atom is 0.330 e. The summed E-state index contributed by atoms with van der Waals surface area (Å²) in [6.45, 7) is 3.38. The number of nitrogens with two attached hydrogens (primary N) is 1. The first-order valence-electron chi connectivity index (χ1n) is 8.12. The van der Waals surface area contributed by atoms with Crippen molar-refractivity contribution in [2.45, 2.75) is 19.8 Å². The number of benzene rings is 1. The molecular formula is C17H24N4O4. The number of ether oxygens (including phenoxy) is 2. The lowest BCUT2D eigenvalue weighted by Gasteiger charge is -2.17. The van der Waals surface area contributed by atoms with Crippen molar-refractivity contribution in [1.29, 1.82) is 0 Å². The van der Waals surface area contributed by atoms with E-state index in [4.69, 9.17) is 15.2 Å². The number of amides is 3. The maximum absolute atomic E-state index is 12.1. The van der Waals surface area contributed by atoms with Crippen LogP contribution in [0.3, 0.4) is 0 Å². The third kappa shape index (κ3) is 5.03. The Hall–Kier alpha value is -2.90. The fourth-order valence-corrected chi connectivity index (χ4v) is 2.59. The van der Waals surface area contributed by atoms with E-state index in [-0.39, 0.29) is 12.5 Å². The van der Waals surface area contributed by atoms with Gasteiger partial charge in [-0.25, -0.2) is 4.79 Å². The Morgan fingerprint density at radius 1 is 1.24 bits per heavy atom. The Balaban J connectivity index is 2.04. The molecule has 3 amide bonds. The molecule has 1 aromatic carbocycles. The van der Waals surface area contributed by atoms with E-state index in [1.165, 1.54) is 7.11 Å². The Kier molecular flexibility index (Phi) is 6.50. The maximum atomic E-state index is 12.1. The number of hydrogen-bond acceptors (Lipinski definition) is 5. The number of rotatable bonds is 7. The van der Waals surface area contributed by atoms with Gasteiger partial charge in [0.15, 0.2) is 18.1 Å². The number of urea groups is 1. The first-order chi connectivity index (χ1) is 12.0. The van der Waals surface area contributed by atoms with E-state index >= 15 is 0 Å². The molecule has 0 unspecified atom stereocenters. The molecule has 0 bridgehead atoms. The topological polar surface area (TPSA) is 106 Å². The van der Waals surface area contributed by atoms with E-state index in [0.717, 1.165) is 31.5 Å². The Labute approximate surface area is 146 Å². The van der Waals surface area contributed by atoms with Gasteiger partial charge in [-0.15, -0.1) is 0 Å². The van der Waals surface area contributed by atoms with E-state index < -0.39 is 6.03 Å². The highest BCUT2D eigenvalue weighted by molar-refractivity contribution is 5.78. The summed E-state index contributed by atoms with van der Waals surface area (Å²) in [6.07, 6.45) is 3.87. The van der Waals surface area contributed by atoms with Crippen LogP contribution in [0.4, 0.5) is 4.79 Å². The smallest absolute Gasteiger partial charge is 0.330 e. The zero-order valence-electron chi connectivity index (χ0n) is 14.5. The highest BCUT2D eigenvalue weighted by Gasteiger charge is 2.19. The number of carbonyl (C=O) groups excluding carboxylic acids is 2. The average molecular weight is 348 g/mol. The zero-order valence-corrected chi connectivity index (χ0v) is 14.5. The fraction of sp³-hybridized carbons (Fsp3) is 0.412. The Morgan fingerprint density at radius 2 is 1.96 bits per heavy atom. The molecule has 0 saturated carbocycles. The minimum absolute atomic E-state index is 0.0202. The van der Waals surface area contributed by atoms with Crippen molar-refractivity contribution in [3.63, 3.8) is 0 Å². The standard InChI is InChI=1S/C17H24N4O4/c1-3-13(19-20-17(18)23)12-6-7-14(15(10-12)24-2)25-11-16(22)21-8-4-5-9-21/h3,6-7,10,19H,4-5,8-9,11H2,1-2H3,(H3,18,20,23). The largest absolute Gasteiger partial charge is 0.493 e. The molecule has 4 N–H and O–H groups in total. The third-order valence-electron chi connectivity index (χ3n) is 3.89. The van der Waals surface area contributed by atoms with Crippen molar-refractivity contribution in [2.24, 2.45) is 5.73 Å². The SMILES string of the molecule is CC=C(NNC(N)=O)c1ccc(OCC(=O)N2CCCC2)c(OC)c1. The normalized spacial score (nSPS) is 14.2. The Bertz CT molecular complexity index is 654. The molecule has 25 heavy (non-hydrogen) atoms. The summed E-state index contributed by atoms with van der Waals surface area (Å²) < 4.78 is 11.0. The van der Waals surface area contributed by atoms with Crippen LogP contribution in [0.25, 0.3) is 5.70 Å². The van der Waals surface area contributed by atoms with E-state index in [1.54, 1.807) is 29.2 Å². The summed E-state index contributed by atoms with van der Waals surface area (Å²) in [7, 11) is 1.53. The molecule has 136 valence electrons. The van der Waals surface area contributed by atoms with Gasteiger partial charge in [0.1, 0.15) is 0 Å². The molecule has 8 nitrogen and oxygen atoms in total. The van der Waals surface area contributed by atoms with Gasteiger partial charge in [-0.2, -0.15) is 0 Å². The first kappa shape index (κ1) is 18.4. The summed E-state index contributed by atoms with van der Waals surface area (Å²) in [5, 5.41) is 0. The lowest BCUT2D eigenvalue weighted by molar-refractivity contribution is -0.132. The van der Waals surface area contributed by atoms with Gasteiger partial charge in [0.2, 0.25) is 0 Å². The molecule has 1 saturated heterocycles. The predicted octanol–water partition coefficient (Wildman–Crippen LogP) is 1.23. The second-order valence-corrected chi connectivity index (χ2v) is 5.56. The van der Waals surface area contributed by atoms with Crippen LogP contribution in [-0.2, 0) is 4.79 Å². The number of methoxy groups -OCH3 is 1. The van der Waals surface area contributed by atoms with E-state index in [0.29, 0.717) is 17.2 Å². The molecule has 1 heterocycles. The second kappa shape index (κ2) is 8.81. The molecule has 2 rings (SSSR count). The van der Waals surface area contributed by atoms with Gasteiger partial charge in [0, 0.05) is 18.7 Å². The van der Waals surface area contributed by atoms with Gasteiger partial charge < -0.3 is 20.1 Å². The van der Waals surface area contributed by atoms with Gasteiger partial charge in [-0.05, 0) is 38.0 Å². The quantitative estimate of drug-likeness (QED) is 0.643. The number of allylic oxidation sites excluding steroid dienone is 1. The lowest BCUT2D eigenvalue weighted by atomic mass is 10.1. The summed E-state index contributed by atoms with van der Waals surface area (Å²) in [5.41, 5.74) is 11.5. The van der Waals surface area contributed by atoms with E-state index in [1.807, 2.05) is 6.92 Å². The zero-order chi connectivity index (χ0) is 18.2. The second-order valence-electron chi connectivity index (χ2n) is 5.56. The van der Waals surface area contributed by atoms with Crippen LogP contribution in [0.5, 0.6) is 11.5 Å². The molecule has 8 heteroatoms. The first-order valence-corrected chi connectivity index (χ1v) is 8.12. The van der Waals surface area contributed by atoms with Gasteiger partial charge in [0.25, 0.3) is 5.91 Å². The molecule has 1 aliphatic rings. The number of primary amides is 1. The number of likely N-dealkylation sites (tertiary alicyclic amines) is 1.